The standard InChI is InChI=1S/C39H21Cl2N3O3.C2H6/c40-46-37-28(17-13-22-7-5-19-42-35(22)37)33-25-9-1-2-10-26(25)34(29-18-14-23-8-6-20-43-36(23)38(29)47-41)30-21-24(15-16-27(30)33)39-44-31-11-3-4-12-32(31)45-39;1-2/h1-21H;1-2H3. The molecular formula is C41H27Cl2N3O3. The minimum absolute atomic E-state index is 0.468. The number of aromatic nitrogens is 3. The summed E-state index contributed by atoms with van der Waals surface area (Å²) in [5.74, 6) is 1.46. The Balaban J connectivity index is 0.00000171. The first-order valence-corrected chi connectivity index (χ1v) is 16.5. The molecule has 0 bridgehead atoms. The lowest BCUT2D eigenvalue weighted by Gasteiger charge is -2.20. The number of rotatable bonds is 5. The van der Waals surface area contributed by atoms with Gasteiger partial charge in [0.05, 0.1) is 0 Å². The van der Waals surface area contributed by atoms with Gasteiger partial charge in [-0.3, -0.25) is 9.97 Å². The van der Waals surface area contributed by atoms with E-state index in [4.69, 9.17) is 41.7 Å². The fraction of sp³-hybridized carbons (Fsp3) is 0.0488. The summed E-state index contributed by atoms with van der Waals surface area (Å²) in [6, 6.07) is 38.1. The summed E-state index contributed by atoms with van der Waals surface area (Å²) in [5.41, 5.74) is 7.12. The summed E-state index contributed by atoms with van der Waals surface area (Å²) in [5, 5.41) is 5.66. The molecule has 0 N–H and O–H groups in total. The predicted molar refractivity (Wildman–Crippen MR) is 200 cm³/mol. The topological polar surface area (TPSA) is 70.3 Å². The number of hydrogen-bond acceptors (Lipinski definition) is 6. The smallest absolute Gasteiger partial charge is 0.227 e. The summed E-state index contributed by atoms with van der Waals surface area (Å²) in [4.78, 5) is 14.1. The first kappa shape index (κ1) is 30.6. The van der Waals surface area contributed by atoms with Crippen LogP contribution in [0.5, 0.6) is 11.5 Å². The van der Waals surface area contributed by atoms with Crippen molar-refractivity contribution in [3.63, 3.8) is 0 Å². The molecular weight excluding hydrogens is 653 g/mol. The Hall–Kier alpha value is -5.69. The molecule has 238 valence electrons. The Kier molecular flexibility index (Phi) is 7.96. The number of para-hydroxylation sites is 2. The van der Waals surface area contributed by atoms with Gasteiger partial charge in [0.25, 0.3) is 0 Å². The van der Waals surface area contributed by atoms with Crippen LogP contribution in [0.4, 0.5) is 0 Å². The number of benzene rings is 6. The molecule has 0 amide bonds. The van der Waals surface area contributed by atoms with Crippen molar-refractivity contribution in [1.82, 2.24) is 15.0 Å². The normalized spacial score (nSPS) is 11.3. The van der Waals surface area contributed by atoms with Crippen LogP contribution in [0.3, 0.4) is 0 Å². The Morgan fingerprint density at radius 3 is 1.69 bits per heavy atom. The molecule has 3 heterocycles. The first-order valence-electron chi connectivity index (χ1n) is 15.9. The van der Waals surface area contributed by atoms with Gasteiger partial charge in [0.15, 0.2) is 17.1 Å². The lowest BCUT2D eigenvalue weighted by atomic mass is 9.84. The Morgan fingerprint density at radius 2 is 1.10 bits per heavy atom. The number of hydrogen-bond donors (Lipinski definition) is 0. The molecule has 0 radical (unpaired) electrons. The average molecular weight is 681 g/mol. The van der Waals surface area contributed by atoms with E-state index in [0.717, 1.165) is 65.7 Å². The Bertz CT molecular complexity index is 2660. The van der Waals surface area contributed by atoms with E-state index >= 15 is 0 Å². The summed E-state index contributed by atoms with van der Waals surface area (Å²) in [6.45, 7) is 4.00. The molecule has 6 aromatic carbocycles. The highest BCUT2D eigenvalue weighted by molar-refractivity contribution is 6.24. The number of nitrogens with zero attached hydrogens (tertiary/aromatic N) is 3. The average Bonchev–Trinajstić information content (AvgIpc) is 3.61. The van der Waals surface area contributed by atoms with Crippen LogP contribution in [0.25, 0.3) is 88.2 Å². The highest BCUT2D eigenvalue weighted by Gasteiger charge is 2.24. The highest BCUT2D eigenvalue weighted by atomic mass is 35.5. The van der Waals surface area contributed by atoms with Crippen LogP contribution >= 0.6 is 23.7 Å². The molecule has 9 aromatic rings. The molecule has 0 aliphatic heterocycles. The number of pyridine rings is 2. The number of oxazole rings is 1. The van der Waals surface area contributed by atoms with E-state index in [1.165, 1.54) is 0 Å². The molecule has 8 heteroatoms. The Morgan fingerprint density at radius 1 is 0.551 bits per heavy atom. The monoisotopic (exact) mass is 679 g/mol. The molecule has 0 unspecified atom stereocenters. The number of halogens is 2. The summed E-state index contributed by atoms with van der Waals surface area (Å²) < 4.78 is 17.4. The second kappa shape index (κ2) is 12.7. The molecule has 0 saturated carbocycles. The van der Waals surface area contributed by atoms with E-state index in [9.17, 15) is 0 Å². The van der Waals surface area contributed by atoms with Gasteiger partial charge in [-0.15, -0.1) is 0 Å². The minimum atomic E-state index is 0.468. The third-order valence-corrected chi connectivity index (χ3v) is 9.02. The van der Waals surface area contributed by atoms with Gasteiger partial charge in [-0.05, 0) is 70.1 Å². The van der Waals surface area contributed by atoms with Gasteiger partial charge in [0.2, 0.25) is 5.89 Å². The molecule has 0 aliphatic rings. The van der Waals surface area contributed by atoms with Crippen LogP contribution in [0.15, 0.2) is 132 Å². The molecule has 0 atom stereocenters. The fourth-order valence-electron chi connectivity index (χ4n) is 6.67. The van der Waals surface area contributed by atoms with Crippen LogP contribution < -0.4 is 8.58 Å². The van der Waals surface area contributed by atoms with E-state index in [1.54, 1.807) is 12.4 Å². The molecule has 6 nitrogen and oxygen atoms in total. The van der Waals surface area contributed by atoms with E-state index in [-0.39, 0.29) is 0 Å². The molecule has 9 rings (SSSR count). The van der Waals surface area contributed by atoms with Crippen LogP contribution in [-0.4, -0.2) is 15.0 Å². The second-order valence-electron chi connectivity index (χ2n) is 11.2. The third kappa shape index (κ3) is 5.00. The van der Waals surface area contributed by atoms with E-state index in [1.807, 2.05) is 105 Å². The van der Waals surface area contributed by atoms with Crippen LogP contribution in [0.1, 0.15) is 13.8 Å². The lowest BCUT2D eigenvalue weighted by Crippen LogP contribution is -1.95. The van der Waals surface area contributed by atoms with E-state index in [0.29, 0.717) is 34.0 Å². The maximum Gasteiger partial charge on any atom is 0.227 e. The molecule has 3 aromatic heterocycles. The molecule has 0 saturated heterocycles. The van der Waals surface area contributed by atoms with Crippen LogP contribution in [0.2, 0.25) is 0 Å². The molecule has 0 spiro atoms. The van der Waals surface area contributed by atoms with Gasteiger partial charge in [-0.2, -0.15) is 0 Å². The maximum atomic E-state index is 6.25. The van der Waals surface area contributed by atoms with Gasteiger partial charge in [0.1, 0.15) is 40.3 Å². The van der Waals surface area contributed by atoms with Gasteiger partial charge in [-0.25, -0.2) is 4.98 Å². The molecule has 0 fully saturated rings. The zero-order valence-corrected chi connectivity index (χ0v) is 28.0. The highest BCUT2D eigenvalue weighted by Crippen LogP contribution is 2.50. The van der Waals surface area contributed by atoms with Crippen molar-refractivity contribution in [2.45, 2.75) is 13.8 Å². The van der Waals surface area contributed by atoms with Crippen molar-refractivity contribution in [2.24, 2.45) is 0 Å². The maximum absolute atomic E-state index is 6.25. The molecule has 49 heavy (non-hydrogen) atoms. The number of fused-ring (bicyclic) bond motifs is 5. The summed E-state index contributed by atoms with van der Waals surface area (Å²) in [7, 11) is 0. The van der Waals surface area contributed by atoms with Crippen molar-refractivity contribution in [2.75, 3.05) is 0 Å². The van der Waals surface area contributed by atoms with Crippen LogP contribution in [-0.2, 0) is 0 Å². The van der Waals surface area contributed by atoms with Crippen molar-refractivity contribution in [3.8, 4) is 45.2 Å². The zero-order valence-electron chi connectivity index (χ0n) is 26.4. The SMILES string of the molecule is CC.ClOc1c(-c2c3ccccc3c(-c3ccc4cccnc4c3OCl)c3cc(-c4nc5ccccc5o4)ccc23)ccc2cccnc12. The second-order valence-corrected chi connectivity index (χ2v) is 11.5. The van der Waals surface area contributed by atoms with Gasteiger partial charge in [0, 0.05) is 51.0 Å². The van der Waals surface area contributed by atoms with Crippen LogP contribution in [0, 0.1) is 0 Å². The predicted octanol–water partition coefficient (Wildman–Crippen LogP) is 12.3. The van der Waals surface area contributed by atoms with Crippen molar-refractivity contribution >= 4 is 78.2 Å². The van der Waals surface area contributed by atoms with E-state index < -0.39 is 0 Å². The minimum Gasteiger partial charge on any atom is -0.436 e. The van der Waals surface area contributed by atoms with Gasteiger partial charge in [-0.1, -0.05) is 80.6 Å². The van der Waals surface area contributed by atoms with Gasteiger partial charge >= 0.3 is 0 Å². The largest absolute Gasteiger partial charge is 0.436 e. The van der Waals surface area contributed by atoms with E-state index in [2.05, 4.69) is 34.2 Å². The first-order chi connectivity index (χ1) is 24.2. The van der Waals surface area contributed by atoms with Crippen molar-refractivity contribution < 1.29 is 13.0 Å². The summed E-state index contributed by atoms with van der Waals surface area (Å²) >= 11 is 12.5. The third-order valence-electron chi connectivity index (χ3n) is 8.71. The van der Waals surface area contributed by atoms with Gasteiger partial charge < -0.3 is 13.0 Å². The van der Waals surface area contributed by atoms with Crippen molar-refractivity contribution in [1.29, 1.82) is 0 Å². The molecule has 0 aliphatic carbocycles. The lowest BCUT2D eigenvalue weighted by molar-refractivity contribution is 0.620. The quantitative estimate of drug-likeness (QED) is 0.169. The zero-order chi connectivity index (χ0) is 33.5. The Labute approximate surface area is 291 Å². The van der Waals surface area contributed by atoms with Crippen molar-refractivity contribution in [3.05, 3.63) is 128 Å². The summed E-state index contributed by atoms with van der Waals surface area (Å²) in [6.07, 6.45) is 3.47. The fourth-order valence-corrected chi connectivity index (χ4v) is 6.99.